The maximum absolute atomic E-state index is 12.9. The van der Waals surface area contributed by atoms with Crippen molar-refractivity contribution < 1.29 is 4.48 Å². The van der Waals surface area contributed by atoms with E-state index in [4.69, 9.17) is 0 Å². The monoisotopic (exact) mass is 341 g/mol. The molecule has 3 N–H and O–H groups in total. The minimum absolute atomic E-state index is 0.00897. The normalized spacial score (nSPS) is 29.7. The Hall–Kier alpha value is 0.560. The number of hydrogen-bond donors (Lipinski definition) is 3. The van der Waals surface area contributed by atoms with Crippen LogP contribution in [0.5, 0.6) is 0 Å². The van der Waals surface area contributed by atoms with Gasteiger partial charge >= 0.3 is 0 Å². The van der Waals surface area contributed by atoms with Crippen LogP contribution in [0.2, 0.25) is 0 Å². The molecule has 1 unspecified atom stereocenters. The third-order valence-electron chi connectivity index (χ3n) is 3.12. The van der Waals surface area contributed by atoms with Crippen LogP contribution in [0.3, 0.4) is 0 Å². The van der Waals surface area contributed by atoms with Gasteiger partial charge in [0, 0.05) is 19.1 Å². The van der Waals surface area contributed by atoms with Crippen molar-refractivity contribution in [3.63, 3.8) is 0 Å². The fourth-order valence-electron chi connectivity index (χ4n) is 1.89. The second-order valence-corrected chi connectivity index (χ2v) is 7.11. The highest BCUT2D eigenvalue weighted by molar-refractivity contribution is 9.11. The van der Waals surface area contributed by atoms with E-state index in [0.29, 0.717) is 12.7 Å². The number of nitrogens with zero attached hydrogens (tertiary/aromatic N) is 2. The summed E-state index contributed by atoms with van der Waals surface area (Å²) in [5.74, 6) is 0. The van der Waals surface area contributed by atoms with Gasteiger partial charge in [0.25, 0.3) is 0 Å². The Kier molecular flexibility index (Phi) is 6.63. The average molecular weight is 342 g/mol. The molecule has 2 aliphatic heterocycles. The van der Waals surface area contributed by atoms with Crippen LogP contribution in [-0.2, 0) is 0 Å². The number of nitrogens with one attached hydrogen (secondary N) is 3. The van der Waals surface area contributed by atoms with E-state index in [1.54, 1.807) is 0 Å². The Bertz CT molecular complexity index is 246. The average Bonchev–Trinajstić information content (AvgIpc) is 2.59. The fraction of sp³-hybridized carbons (Fsp3) is 1.00. The molecule has 2 heterocycles. The molecule has 5 nitrogen and oxygen atoms in total. The number of hydrazine groups is 1. The smallest absolute Gasteiger partial charge is 0.143 e. The minimum atomic E-state index is -0.00897. The third-order valence-corrected chi connectivity index (χ3v) is 4.89. The summed E-state index contributed by atoms with van der Waals surface area (Å²) >= 11 is 4.53. The van der Waals surface area contributed by atoms with Crippen molar-refractivity contribution in [1.82, 2.24) is 25.6 Å². The number of alkyl halides is 1. The zero-order valence-corrected chi connectivity index (χ0v) is 12.8. The molecule has 0 aromatic carbocycles. The SMILES string of the molecule is FN1CN(NCCCCNC[C@H]2CCN2)C(Br)S1. The third kappa shape index (κ3) is 4.92. The van der Waals surface area contributed by atoms with Crippen LogP contribution >= 0.6 is 27.9 Å². The molecule has 0 aromatic heterocycles. The first-order valence-electron chi connectivity index (χ1n) is 6.44. The molecular formula is C10H21BrFN5S. The molecule has 0 saturated carbocycles. The van der Waals surface area contributed by atoms with Crippen LogP contribution in [-0.4, -0.2) is 52.7 Å². The Balaban J connectivity index is 1.39. The van der Waals surface area contributed by atoms with Crippen LogP contribution < -0.4 is 16.1 Å². The second-order valence-electron chi connectivity index (χ2n) is 4.59. The maximum Gasteiger partial charge on any atom is 0.143 e. The molecule has 0 aromatic rings. The van der Waals surface area contributed by atoms with Crippen molar-refractivity contribution in [2.75, 3.05) is 32.8 Å². The summed E-state index contributed by atoms with van der Waals surface area (Å²) in [5, 5.41) is 8.67. The second kappa shape index (κ2) is 7.98. The predicted molar refractivity (Wildman–Crippen MR) is 76.5 cm³/mol. The molecule has 106 valence electrons. The van der Waals surface area contributed by atoms with Gasteiger partial charge in [0.05, 0.1) is 0 Å². The maximum atomic E-state index is 12.9. The van der Waals surface area contributed by atoms with E-state index >= 15 is 0 Å². The lowest BCUT2D eigenvalue weighted by molar-refractivity contribution is 0.0769. The highest BCUT2D eigenvalue weighted by Crippen LogP contribution is 2.31. The molecule has 0 spiro atoms. The molecule has 0 radical (unpaired) electrons. The number of unbranched alkanes of at least 4 members (excludes halogenated alkanes) is 1. The van der Waals surface area contributed by atoms with Crippen LogP contribution in [0, 0.1) is 0 Å². The summed E-state index contributed by atoms with van der Waals surface area (Å²) in [6, 6.07) is 0.689. The highest BCUT2D eigenvalue weighted by Gasteiger charge is 2.29. The predicted octanol–water partition coefficient (Wildman–Crippen LogP) is 1.01. The molecule has 8 heteroatoms. The molecule has 18 heavy (non-hydrogen) atoms. The molecule has 2 saturated heterocycles. The fourth-order valence-corrected chi connectivity index (χ4v) is 3.34. The van der Waals surface area contributed by atoms with Gasteiger partial charge in [-0.1, -0.05) is 20.5 Å². The van der Waals surface area contributed by atoms with Crippen molar-refractivity contribution in [2.45, 2.75) is 29.6 Å². The van der Waals surface area contributed by atoms with Crippen molar-refractivity contribution >= 4 is 27.9 Å². The Morgan fingerprint density at radius 3 is 2.78 bits per heavy atom. The zero-order valence-electron chi connectivity index (χ0n) is 10.4. The molecule has 0 amide bonds. The van der Waals surface area contributed by atoms with Gasteiger partial charge in [0.1, 0.15) is 11.0 Å². The van der Waals surface area contributed by atoms with Crippen molar-refractivity contribution in [3.05, 3.63) is 0 Å². The molecule has 0 aliphatic carbocycles. The van der Waals surface area contributed by atoms with Gasteiger partial charge in [-0.05, 0) is 44.3 Å². The lowest BCUT2D eigenvalue weighted by atomic mass is 10.1. The lowest BCUT2D eigenvalue weighted by Crippen LogP contribution is -2.49. The first kappa shape index (κ1) is 15.0. The van der Waals surface area contributed by atoms with E-state index in [1.807, 2.05) is 5.01 Å². The van der Waals surface area contributed by atoms with Gasteiger partial charge in [-0.3, -0.25) is 5.43 Å². The quantitative estimate of drug-likeness (QED) is 0.201. The van der Waals surface area contributed by atoms with Gasteiger partial charge in [-0.2, -0.15) is 0 Å². The van der Waals surface area contributed by atoms with E-state index in [9.17, 15) is 4.48 Å². The highest BCUT2D eigenvalue weighted by atomic mass is 79.9. The van der Waals surface area contributed by atoms with Gasteiger partial charge < -0.3 is 10.6 Å². The summed E-state index contributed by atoms with van der Waals surface area (Å²) in [7, 11) is 0. The molecule has 2 fully saturated rings. The van der Waals surface area contributed by atoms with E-state index in [-0.39, 0.29) is 4.28 Å². The Morgan fingerprint density at radius 2 is 2.17 bits per heavy atom. The number of hydrogen-bond acceptors (Lipinski definition) is 6. The summed E-state index contributed by atoms with van der Waals surface area (Å²) < 4.78 is 13.6. The van der Waals surface area contributed by atoms with Gasteiger partial charge in [-0.15, -0.1) is 4.48 Å². The Morgan fingerprint density at radius 1 is 1.39 bits per heavy atom. The van der Waals surface area contributed by atoms with E-state index < -0.39 is 0 Å². The first-order chi connectivity index (χ1) is 8.75. The van der Waals surface area contributed by atoms with Crippen LogP contribution in [0.15, 0.2) is 0 Å². The van der Waals surface area contributed by atoms with E-state index in [1.165, 1.54) is 13.0 Å². The van der Waals surface area contributed by atoms with E-state index in [2.05, 4.69) is 32.0 Å². The van der Waals surface area contributed by atoms with Crippen molar-refractivity contribution in [1.29, 1.82) is 0 Å². The van der Waals surface area contributed by atoms with Crippen LogP contribution in [0.25, 0.3) is 0 Å². The number of rotatable bonds is 8. The summed E-state index contributed by atoms with van der Waals surface area (Å²) in [6.45, 7) is 4.49. The Labute approximate surface area is 120 Å². The molecule has 2 atom stereocenters. The summed E-state index contributed by atoms with van der Waals surface area (Å²) in [5.41, 5.74) is 3.23. The topological polar surface area (TPSA) is 42.6 Å². The molecule has 2 rings (SSSR count). The molecule has 0 bridgehead atoms. The minimum Gasteiger partial charge on any atom is -0.315 e. The van der Waals surface area contributed by atoms with Gasteiger partial charge in [-0.25, -0.2) is 5.01 Å². The first-order valence-corrected chi connectivity index (χ1v) is 8.19. The van der Waals surface area contributed by atoms with Crippen LogP contribution in [0.4, 0.5) is 4.48 Å². The summed E-state index contributed by atoms with van der Waals surface area (Å²) in [4.78, 5) is 0. The number of halogens is 2. The standard InChI is InChI=1S/C10H21BrFN5S/c11-10-16(8-17(12)18-10)15-5-2-1-4-13-7-9-3-6-14-9/h9-10,13-15H,1-8H2/t9-,10?/m1/s1. The molecular weight excluding hydrogens is 321 g/mol. The van der Waals surface area contributed by atoms with Gasteiger partial charge in [0.15, 0.2) is 0 Å². The largest absolute Gasteiger partial charge is 0.315 e. The van der Waals surface area contributed by atoms with Crippen LogP contribution in [0.1, 0.15) is 19.3 Å². The summed E-state index contributed by atoms with van der Waals surface area (Å²) in [6.07, 6.45) is 3.54. The van der Waals surface area contributed by atoms with E-state index in [0.717, 1.165) is 49.0 Å². The van der Waals surface area contributed by atoms with Crippen molar-refractivity contribution in [2.24, 2.45) is 0 Å². The molecule has 2 aliphatic rings. The zero-order chi connectivity index (χ0) is 12.8. The van der Waals surface area contributed by atoms with Gasteiger partial charge in [0.2, 0.25) is 0 Å². The van der Waals surface area contributed by atoms with Crippen molar-refractivity contribution in [3.8, 4) is 0 Å². The lowest BCUT2D eigenvalue weighted by Gasteiger charge is -2.27.